The number of hydrogen-bond acceptors (Lipinski definition) is 5. The van der Waals surface area contributed by atoms with E-state index in [0.29, 0.717) is 0 Å². The van der Waals surface area contributed by atoms with Gasteiger partial charge in [0.05, 0.1) is 0 Å². The van der Waals surface area contributed by atoms with Crippen LogP contribution in [-0.2, 0) is 6.54 Å². The lowest BCUT2D eigenvalue weighted by atomic mass is 9.97. The minimum Gasteiger partial charge on any atom is -0.388 e. The first-order valence-corrected chi connectivity index (χ1v) is 10.3. The number of rotatable bonds is 7. The third-order valence-electron chi connectivity index (χ3n) is 4.59. The van der Waals surface area contributed by atoms with Crippen LogP contribution >= 0.6 is 23.3 Å². The average Bonchev–Trinajstić information content (AvgIpc) is 3.10. The molecule has 3 rings (SSSR count). The lowest BCUT2D eigenvalue weighted by Crippen LogP contribution is -2.36. The molecule has 0 saturated carbocycles. The van der Waals surface area contributed by atoms with Gasteiger partial charge in [-0.2, -0.15) is 0 Å². The first kappa shape index (κ1) is 17.8. The molecule has 1 aliphatic rings. The fraction of sp³-hybridized carbons (Fsp3) is 0.474. The van der Waals surface area contributed by atoms with Crippen molar-refractivity contribution < 1.29 is 0 Å². The second kappa shape index (κ2) is 8.90. The van der Waals surface area contributed by atoms with Crippen molar-refractivity contribution in [3.05, 3.63) is 46.7 Å². The van der Waals surface area contributed by atoms with Crippen molar-refractivity contribution in [2.24, 2.45) is 5.92 Å². The van der Waals surface area contributed by atoms with Crippen LogP contribution < -0.4 is 5.32 Å². The average molecular weight is 362 g/mol. The fourth-order valence-corrected chi connectivity index (χ4v) is 4.86. The van der Waals surface area contributed by atoms with Gasteiger partial charge in [0.25, 0.3) is 0 Å². The number of nitrogens with zero attached hydrogens (tertiary/aromatic N) is 2. The standard InChI is InChI=1S/C19H27N3S2/c1-20-17-5-7-18(8-6-17)24-21(2)14-16-9-11-22(12-10-16)15-19-4-3-13-23-19/h3-8,13,16,20H,9-12,14-15H2,1-2H3. The number of piperidine rings is 1. The Bertz CT molecular complexity index is 590. The summed E-state index contributed by atoms with van der Waals surface area (Å²) in [6.45, 7) is 4.77. The summed E-state index contributed by atoms with van der Waals surface area (Å²) >= 11 is 3.73. The maximum atomic E-state index is 3.17. The predicted octanol–water partition coefficient (Wildman–Crippen LogP) is 4.64. The quantitative estimate of drug-likeness (QED) is 0.724. The van der Waals surface area contributed by atoms with Crippen LogP contribution in [0.3, 0.4) is 0 Å². The largest absolute Gasteiger partial charge is 0.388 e. The lowest BCUT2D eigenvalue weighted by Gasteiger charge is -2.33. The van der Waals surface area contributed by atoms with E-state index in [1.54, 1.807) is 0 Å². The minimum atomic E-state index is 0.818. The van der Waals surface area contributed by atoms with E-state index in [1.807, 2.05) is 30.3 Å². The molecule has 1 fully saturated rings. The van der Waals surface area contributed by atoms with Crippen molar-refractivity contribution in [2.45, 2.75) is 24.3 Å². The normalized spacial score (nSPS) is 16.6. The van der Waals surface area contributed by atoms with Crippen LogP contribution in [0.1, 0.15) is 17.7 Å². The number of likely N-dealkylation sites (tertiary alicyclic amines) is 1. The van der Waals surface area contributed by atoms with Crippen molar-refractivity contribution in [3.8, 4) is 0 Å². The van der Waals surface area contributed by atoms with Crippen LogP contribution in [0.2, 0.25) is 0 Å². The highest BCUT2D eigenvalue weighted by Crippen LogP contribution is 2.27. The third kappa shape index (κ3) is 5.24. The minimum absolute atomic E-state index is 0.818. The van der Waals surface area contributed by atoms with Crippen LogP contribution in [0.5, 0.6) is 0 Å². The first-order chi connectivity index (χ1) is 11.7. The summed E-state index contributed by atoms with van der Waals surface area (Å²) in [6, 6.07) is 13.1. The number of thiophene rings is 1. The van der Waals surface area contributed by atoms with Crippen LogP contribution in [0.4, 0.5) is 5.69 Å². The van der Waals surface area contributed by atoms with Gasteiger partial charge in [0.2, 0.25) is 0 Å². The Balaban J connectivity index is 1.40. The van der Waals surface area contributed by atoms with Gasteiger partial charge in [-0.3, -0.25) is 4.90 Å². The smallest absolute Gasteiger partial charge is 0.0338 e. The fourth-order valence-electron chi connectivity index (χ4n) is 3.21. The summed E-state index contributed by atoms with van der Waals surface area (Å²) in [5.41, 5.74) is 1.17. The molecule has 1 N–H and O–H groups in total. The second-order valence-corrected chi connectivity index (χ2v) is 8.78. The predicted molar refractivity (Wildman–Crippen MR) is 107 cm³/mol. The molecule has 5 heteroatoms. The number of hydrogen-bond donors (Lipinski definition) is 1. The van der Waals surface area contributed by atoms with E-state index in [9.17, 15) is 0 Å². The van der Waals surface area contributed by atoms with Gasteiger partial charge in [-0.25, -0.2) is 4.31 Å². The monoisotopic (exact) mass is 361 g/mol. The van der Waals surface area contributed by atoms with Gasteiger partial charge in [-0.1, -0.05) is 6.07 Å². The van der Waals surface area contributed by atoms with E-state index in [0.717, 1.165) is 12.5 Å². The summed E-state index contributed by atoms with van der Waals surface area (Å²) in [7, 11) is 4.17. The molecule has 1 aromatic carbocycles. The summed E-state index contributed by atoms with van der Waals surface area (Å²) in [4.78, 5) is 5.41. The molecule has 0 unspecified atom stereocenters. The molecular formula is C19H27N3S2. The highest BCUT2D eigenvalue weighted by Gasteiger charge is 2.21. The lowest BCUT2D eigenvalue weighted by molar-refractivity contribution is 0.169. The molecule has 2 heterocycles. The van der Waals surface area contributed by atoms with E-state index >= 15 is 0 Å². The Kier molecular flexibility index (Phi) is 6.60. The zero-order chi connectivity index (χ0) is 16.8. The van der Waals surface area contributed by atoms with Crippen molar-refractivity contribution in [1.82, 2.24) is 9.21 Å². The molecule has 3 nitrogen and oxygen atoms in total. The Morgan fingerprint density at radius 2 is 1.96 bits per heavy atom. The van der Waals surface area contributed by atoms with Crippen molar-refractivity contribution in [3.63, 3.8) is 0 Å². The van der Waals surface area contributed by atoms with Gasteiger partial charge in [-0.15, -0.1) is 11.3 Å². The van der Waals surface area contributed by atoms with Crippen LogP contribution in [-0.4, -0.2) is 42.9 Å². The molecule has 1 aromatic heterocycles. The van der Waals surface area contributed by atoms with E-state index in [-0.39, 0.29) is 0 Å². The Morgan fingerprint density at radius 3 is 2.58 bits per heavy atom. The van der Waals surface area contributed by atoms with Gasteiger partial charge < -0.3 is 5.32 Å². The van der Waals surface area contributed by atoms with Gasteiger partial charge in [-0.05, 0) is 86.6 Å². The summed E-state index contributed by atoms with van der Waals surface area (Å²) in [5.74, 6) is 0.818. The van der Waals surface area contributed by atoms with Crippen LogP contribution in [0, 0.1) is 5.92 Å². The Hall–Kier alpha value is -1.01. The van der Waals surface area contributed by atoms with Gasteiger partial charge >= 0.3 is 0 Å². The molecule has 0 radical (unpaired) electrons. The van der Waals surface area contributed by atoms with Crippen molar-refractivity contribution in [1.29, 1.82) is 0 Å². The second-order valence-electron chi connectivity index (χ2n) is 6.48. The van der Waals surface area contributed by atoms with E-state index < -0.39 is 0 Å². The molecular weight excluding hydrogens is 334 g/mol. The molecule has 130 valence electrons. The molecule has 1 aliphatic heterocycles. The number of anilines is 1. The molecule has 2 aromatic rings. The van der Waals surface area contributed by atoms with Gasteiger partial charge in [0, 0.05) is 35.6 Å². The van der Waals surface area contributed by atoms with E-state index in [2.05, 4.69) is 63.3 Å². The van der Waals surface area contributed by atoms with E-state index in [1.165, 1.54) is 47.9 Å². The summed E-state index contributed by atoms with van der Waals surface area (Å²) in [6.07, 6.45) is 2.63. The maximum Gasteiger partial charge on any atom is 0.0338 e. The van der Waals surface area contributed by atoms with Gasteiger partial charge in [0.15, 0.2) is 0 Å². The molecule has 0 aliphatic carbocycles. The highest BCUT2D eigenvalue weighted by molar-refractivity contribution is 7.97. The van der Waals surface area contributed by atoms with Crippen LogP contribution in [0.25, 0.3) is 0 Å². The molecule has 1 saturated heterocycles. The van der Waals surface area contributed by atoms with E-state index in [4.69, 9.17) is 0 Å². The number of benzene rings is 1. The molecule has 0 bridgehead atoms. The third-order valence-corrected chi connectivity index (χ3v) is 6.39. The van der Waals surface area contributed by atoms with Crippen molar-refractivity contribution >= 4 is 29.0 Å². The summed E-state index contributed by atoms with van der Waals surface area (Å²) < 4.78 is 2.40. The number of nitrogens with one attached hydrogen (secondary N) is 1. The Morgan fingerprint density at radius 1 is 1.21 bits per heavy atom. The van der Waals surface area contributed by atoms with Gasteiger partial charge in [0.1, 0.15) is 0 Å². The highest BCUT2D eigenvalue weighted by atomic mass is 32.2. The molecule has 24 heavy (non-hydrogen) atoms. The maximum absolute atomic E-state index is 3.17. The molecule has 0 spiro atoms. The zero-order valence-electron chi connectivity index (χ0n) is 14.6. The molecule has 0 amide bonds. The van der Waals surface area contributed by atoms with Crippen LogP contribution in [0.15, 0.2) is 46.7 Å². The SMILES string of the molecule is CNc1ccc(SN(C)CC2CCN(Cc3cccs3)CC2)cc1. The topological polar surface area (TPSA) is 18.5 Å². The Labute approximate surface area is 154 Å². The zero-order valence-corrected chi connectivity index (χ0v) is 16.2. The first-order valence-electron chi connectivity index (χ1n) is 8.64. The molecule has 0 atom stereocenters. The summed E-state index contributed by atoms with van der Waals surface area (Å²) in [5, 5.41) is 5.34. The van der Waals surface area contributed by atoms with Crippen molar-refractivity contribution in [2.75, 3.05) is 39.0 Å².